The van der Waals surface area contributed by atoms with Crippen LogP contribution in [0, 0.1) is 5.92 Å². The second-order valence-electron chi connectivity index (χ2n) is 4.32. The van der Waals surface area contributed by atoms with E-state index in [-0.39, 0.29) is 0 Å². The van der Waals surface area contributed by atoms with Crippen LogP contribution in [0.4, 0.5) is 0 Å². The summed E-state index contributed by atoms with van der Waals surface area (Å²) in [6.07, 6.45) is 0. The molecule has 2 nitrogen and oxygen atoms in total. The summed E-state index contributed by atoms with van der Waals surface area (Å²) < 4.78 is 0. The van der Waals surface area contributed by atoms with E-state index in [1.807, 2.05) is 0 Å². The lowest BCUT2D eigenvalue weighted by Gasteiger charge is -2.14. The quantitative estimate of drug-likeness (QED) is 0.765. The van der Waals surface area contributed by atoms with Crippen molar-refractivity contribution in [2.75, 3.05) is 13.1 Å². The van der Waals surface area contributed by atoms with Crippen LogP contribution in [-0.4, -0.2) is 24.0 Å². The molecule has 1 fully saturated rings. The number of nitrogens with zero attached hydrogens (tertiary/aromatic N) is 1. The number of rotatable bonds is 2. The summed E-state index contributed by atoms with van der Waals surface area (Å²) in [5.74, 6) is 0.638. The van der Waals surface area contributed by atoms with Crippen molar-refractivity contribution in [1.29, 1.82) is 0 Å². The van der Waals surface area contributed by atoms with Gasteiger partial charge in [-0.25, -0.2) is 0 Å². The smallest absolute Gasteiger partial charge is 0.0234 e. The molecule has 2 atom stereocenters. The average Bonchev–Trinajstić information content (AvgIpc) is 2.47. The van der Waals surface area contributed by atoms with Gasteiger partial charge in [0.15, 0.2) is 0 Å². The number of hydrogen-bond acceptors (Lipinski definition) is 2. The van der Waals surface area contributed by atoms with Crippen LogP contribution in [-0.2, 0) is 6.54 Å². The molecule has 0 unspecified atom stereocenters. The van der Waals surface area contributed by atoms with E-state index in [9.17, 15) is 0 Å². The van der Waals surface area contributed by atoms with E-state index < -0.39 is 0 Å². The minimum Gasteiger partial charge on any atom is -0.326 e. The summed E-state index contributed by atoms with van der Waals surface area (Å²) in [4.78, 5) is 2.44. The first-order valence-corrected chi connectivity index (χ1v) is 5.27. The molecule has 1 aliphatic heterocycles. The number of benzene rings is 1. The van der Waals surface area contributed by atoms with Gasteiger partial charge >= 0.3 is 0 Å². The third kappa shape index (κ3) is 2.14. The highest BCUT2D eigenvalue weighted by Crippen LogP contribution is 2.16. The van der Waals surface area contributed by atoms with Gasteiger partial charge in [0, 0.05) is 25.7 Å². The molecule has 1 heterocycles. The second-order valence-corrected chi connectivity index (χ2v) is 4.32. The molecular formula is C12H18N2. The molecule has 0 bridgehead atoms. The number of hydrogen-bond donors (Lipinski definition) is 1. The zero-order chi connectivity index (χ0) is 9.97. The van der Waals surface area contributed by atoms with E-state index in [0.29, 0.717) is 12.0 Å². The van der Waals surface area contributed by atoms with Crippen molar-refractivity contribution < 1.29 is 0 Å². The monoisotopic (exact) mass is 190 g/mol. The second kappa shape index (κ2) is 4.11. The van der Waals surface area contributed by atoms with Crippen molar-refractivity contribution in [3.05, 3.63) is 35.9 Å². The molecule has 0 amide bonds. The van der Waals surface area contributed by atoms with Crippen molar-refractivity contribution >= 4 is 0 Å². The van der Waals surface area contributed by atoms with Crippen LogP contribution in [0.1, 0.15) is 12.5 Å². The molecule has 2 rings (SSSR count). The highest BCUT2D eigenvalue weighted by molar-refractivity contribution is 5.14. The Hall–Kier alpha value is -0.860. The minimum absolute atomic E-state index is 0.360. The van der Waals surface area contributed by atoms with Crippen molar-refractivity contribution in [3.8, 4) is 0 Å². The van der Waals surface area contributed by atoms with Crippen molar-refractivity contribution in [2.24, 2.45) is 11.7 Å². The molecule has 1 saturated heterocycles. The third-order valence-electron chi connectivity index (χ3n) is 3.00. The largest absolute Gasteiger partial charge is 0.326 e. The van der Waals surface area contributed by atoms with Gasteiger partial charge in [0.2, 0.25) is 0 Å². The van der Waals surface area contributed by atoms with Crippen LogP contribution in [0.15, 0.2) is 30.3 Å². The third-order valence-corrected chi connectivity index (χ3v) is 3.00. The lowest BCUT2D eigenvalue weighted by atomic mass is 10.1. The molecule has 76 valence electrons. The molecule has 14 heavy (non-hydrogen) atoms. The maximum atomic E-state index is 5.98. The van der Waals surface area contributed by atoms with Gasteiger partial charge in [-0.05, 0) is 11.5 Å². The summed E-state index contributed by atoms with van der Waals surface area (Å²) in [5.41, 5.74) is 7.36. The maximum Gasteiger partial charge on any atom is 0.0234 e. The van der Waals surface area contributed by atoms with Gasteiger partial charge in [-0.2, -0.15) is 0 Å². The van der Waals surface area contributed by atoms with E-state index in [0.717, 1.165) is 19.6 Å². The normalized spacial score (nSPS) is 28.1. The Morgan fingerprint density at radius 2 is 2.00 bits per heavy atom. The van der Waals surface area contributed by atoms with E-state index in [1.165, 1.54) is 5.56 Å². The van der Waals surface area contributed by atoms with E-state index >= 15 is 0 Å². The molecule has 2 heteroatoms. The van der Waals surface area contributed by atoms with E-state index in [4.69, 9.17) is 5.73 Å². The molecule has 1 aromatic carbocycles. The number of nitrogens with two attached hydrogens (primary N) is 1. The summed E-state index contributed by atoms with van der Waals surface area (Å²) in [5, 5.41) is 0. The van der Waals surface area contributed by atoms with Gasteiger partial charge in [-0.1, -0.05) is 37.3 Å². The zero-order valence-electron chi connectivity index (χ0n) is 8.69. The van der Waals surface area contributed by atoms with Crippen molar-refractivity contribution in [3.63, 3.8) is 0 Å². The van der Waals surface area contributed by atoms with Crippen LogP contribution in [0.3, 0.4) is 0 Å². The predicted molar refractivity (Wildman–Crippen MR) is 58.9 cm³/mol. The average molecular weight is 190 g/mol. The van der Waals surface area contributed by atoms with Crippen molar-refractivity contribution in [1.82, 2.24) is 4.90 Å². The van der Waals surface area contributed by atoms with Gasteiger partial charge in [0.05, 0.1) is 0 Å². The predicted octanol–water partition coefficient (Wildman–Crippen LogP) is 1.47. The molecule has 0 aromatic heterocycles. The van der Waals surface area contributed by atoms with Crippen molar-refractivity contribution in [2.45, 2.75) is 19.5 Å². The van der Waals surface area contributed by atoms with Crippen LogP contribution in [0.2, 0.25) is 0 Å². The Morgan fingerprint density at radius 3 is 2.57 bits per heavy atom. The van der Waals surface area contributed by atoms with Gasteiger partial charge in [-0.15, -0.1) is 0 Å². The van der Waals surface area contributed by atoms with E-state index in [1.54, 1.807) is 0 Å². The maximum absolute atomic E-state index is 5.98. The molecule has 2 N–H and O–H groups in total. The molecular weight excluding hydrogens is 172 g/mol. The Kier molecular flexibility index (Phi) is 2.85. The Labute approximate surface area is 85.7 Å². The molecule has 0 saturated carbocycles. The molecule has 0 aliphatic carbocycles. The van der Waals surface area contributed by atoms with Crippen LogP contribution in [0.5, 0.6) is 0 Å². The molecule has 0 spiro atoms. The van der Waals surface area contributed by atoms with Crippen LogP contribution in [0.25, 0.3) is 0 Å². The Bertz CT molecular complexity index is 274. The van der Waals surface area contributed by atoms with Crippen LogP contribution >= 0.6 is 0 Å². The molecule has 0 radical (unpaired) electrons. The number of likely N-dealkylation sites (tertiary alicyclic amines) is 1. The summed E-state index contributed by atoms with van der Waals surface area (Å²) in [7, 11) is 0. The fourth-order valence-corrected chi connectivity index (χ4v) is 2.07. The SMILES string of the molecule is C[C@@H]1CN(Cc2ccccc2)C[C@@H]1N. The van der Waals surface area contributed by atoms with Gasteiger partial charge < -0.3 is 5.73 Å². The topological polar surface area (TPSA) is 29.3 Å². The van der Waals surface area contributed by atoms with Gasteiger partial charge in [-0.3, -0.25) is 4.90 Å². The lowest BCUT2D eigenvalue weighted by Crippen LogP contribution is -2.28. The van der Waals surface area contributed by atoms with E-state index in [2.05, 4.69) is 42.2 Å². The zero-order valence-corrected chi connectivity index (χ0v) is 8.69. The Morgan fingerprint density at radius 1 is 1.29 bits per heavy atom. The molecule has 1 aliphatic rings. The summed E-state index contributed by atoms with van der Waals surface area (Å²) >= 11 is 0. The summed E-state index contributed by atoms with van der Waals surface area (Å²) in [6, 6.07) is 11.0. The Balaban J connectivity index is 1.94. The first-order chi connectivity index (χ1) is 6.75. The molecule has 1 aromatic rings. The standard InChI is InChI=1S/C12H18N2/c1-10-7-14(9-12(10)13)8-11-5-3-2-4-6-11/h2-6,10,12H,7-9,13H2,1H3/t10-,12+/m1/s1. The van der Waals surface area contributed by atoms with Gasteiger partial charge in [0.1, 0.15) is 0 Å². The minimum atomic E-state index is 0.360. The van der Waals surface area contributed by atoms with Crippen LogP contribution < -0.4 is 5.73 Å². The van der Waals surface area contributed by atoms with Gasteiger partial charge in [0.25, 0.3) is 0 Å². The first kappa shape index (κ1) is 9.69. The summed E-state index contributed by atoms with van der Waals surface area (Å²) in [6.45, 7) is 5.45. The first-order valence-electron chi connectivity index (χ1n) is 5.27. The highest BCUT2D eigenvalue weighted by atomic mass is 15.2. The fourth-order valence-electron chi connectivity index (χ4n) is 2.07. The lowest BCUT2D eigenvalue weighted by molar-refractivity contribution is 0.319. The highest BCUT2D eigenvalue weighted by Gasteiger charge is 2.25. The fraction of sp³-hybridized carbons (Fsp3) is 0.500.